The van der Waals surface area contributed by atoms with E-state index in [9.17, 15) is 19.2 Å². The van der Waals surface area contributed by atoms with E-state index in [-0.39, 0.29) is 33.5 Å². The van der Waals surface area contributed by atoms with Crippen LogP contribution in [0.1, 0.15) is 143 Å². The van der Waals surface area contributed by atoms with E-state index < -0.39 is 32.9 Å². The lowest BCUT2D eigenvalue weighted by molar-refractivity contribution is -0.128. The van der Waals surface area contributed by atoms with Crippen molar-refractivity contribution in [1.29, 1.82) is 0 Å². The second kappa shape index (κ2) is 9.01. The van der Waals surface area contributed by atoms with Crippen LogP contribution < -0.4 is 31.2 Å². The predicted octanol–water partition coefficient (Wildman–Crippen LogP) is 8.03. The Labute approximate surface area is 282 Å². The molecule has 3 aromatic carbocycles. The average Bonchev–Trinajstić information content (AvgIpc) is 2.96. The van der Waals surface area contributed by atoms with Crippen molar-refractivity contribution in [2.24, 2.45) is 33.5 Å². The summed E-state index contributed by atoms with van der Waals surface area (Å²) in [5, 5.41) is 2.08. The van der Waals surface area contributed by atoms with Gasteiger partial charge >= 0.3 is 0 Å². The molecule has 6 nitrogen and oxygen atoms in total. The first-order valence-corrected chi connectivity index (χ1v) is 18.6. The molecule has 4 fully saturated rings. The van der Waals surface area contributed by atoms with Crippen molar-refractivity contribution < 1.29 is 9.47 Å². The lowest BCUT2D eigenvalue weighted by Gasteiger charge is -2.64. The van der Waals surface area contributed by atoms with Crippen LogP contribution >= 0.6 is 0 Å². The van der Waals surface area contributed by atoms with Crippen molar-refractivity contribution in [3.8, 4) is 11.5 Å². The first-order chi connectivity index (χ1) is 22.4. The molecule has 6 aliphatic rings. The maximum atomic E-state index is 14.6. The van der Waals surface area contributed by atoms with Crippen molar-refractivity contribution >= 4 is 21.5 Å². The van der Waals surface area contributed by atoms with Gasteiger partial charge in [0.15, 0.2) is 0 Å². The van der Waals surface area contributed by atoms with Crippen LogP contribution in [-0.2, 0) is 0 Å². The Bertz CT molecular complexity index is 2030. The molecule has 2 heterocycles. The monoisotopic (exact) mass is 650 g/mol. The molecule has 4 saturated carbocycles. The molecule has 0 aromatic heterocycles. The molecule has 6 heteroatoms. The smallest absolute Gasteiger partial charge is 0.234 e. The van der Waals surface area contributed by atoms with Gasteiger partial charge in [-0.05, 0) is 110 Å². The fourth-order valence-electron chi connectivity index (χ4n) is 14.3. The molecule has 0 radical (unpaired) electrons. The zero-order valence-corrected chi connectivity index (χ0v) is 30.0. The quantitative estimate of drug-likeness (QED) is 0.181. The Morgan fingerprint density at radius 1 is 0.521 bits per heavy atom. The predicted molar refractivity (Wildman–Crippen MR) is 189 cm³/mol. The summed E-state index contributed by atoms with van der Waals surface area (Å²) in [6, 6.07) is 2.76. The Hall–Kier alpha value is -3.02. The zero-order valence-electron chi connectivity index (χ0n) is 30.0. The number of benzene rings is 3. The van der Waals surface area contributed by atoms with E-state index in [0.717, 1.165) is 75.3 Å². The molecule has 9 rings (SSSR count). The Morgan fingerprint density at radius 3 is 1.27 bits per heavy atom. The number of rotatable bonds is 0. The van der Waals surface area contributed by atoms with E-state index in [0.29, 0.717) is 44.9 Å². The molecule has 254 valence electrons. The van der Waals surface area contributed by atoms with E-state index in [1.165, 1.54) is 12.1 Å². The summed E-state index contributed by atoms with van der Waals surface area (Å²) in [7, 11) is 0. The third kappa shape index (κ3) is 3.51. The van der Waals surface area contributed by atoms with Crippen molar-refractivity contribution in [1.82, 2.24) is 0 Å². The van der Waals surface area contributed by atoms with E-state index in [2.05, 4.69) is 55.4 Å². The highest BCUT2D eigenvalue weighted by molar-refractivity contribution is 6.12. The molecular weight excluding hydrogens is 600 g/mol. The minimum atomic E-state index is -0.704. The van der Waals surface area contributed by atoms with Gasteiger partial charge in [-0.3, -0.25) is 19.2 Å². The van der Waals surface area contributed by atoms with Gasteiger partial charge in [-0.2, -0.15) is 0 Å². The molecule has 4 aliphatic carbocycles. The van der Waals surface area contributed by atoms with Crippen LogP contribution in [0.25, 0.3) is 21.5 Å². The van der Waals surface area contributed by atoms with Gasteiger partial charge in [0.1, 0.15) is 22.7 Å². The van der Waals surface area contributed by atoms with Crippen LogP contribution in [0, 0.1) is 33.5 Å². The van der Waals surface area contributed by atoms with Crippen molar-refractivity contribution in [2.45, 2.75) is 143 Å². The van der Waals surface area contributed by atoms with Crippen molar-refractivity contribution in [3.05, 3.63) is 64.2 Å². The summed E-state index contributed by atoms with van der Waals surface area (Å²) < 4.78 is 14.1. The molecule has 0 saturated heterocycles. The van der Waals surface area contributed by atoms with E-state index in [4.69, 9.17) is 9.47 Å². The largest absolute Gasteiger partial charge is 0.486 e. The van der Waals surface area contributed by atoms with Gasteiger partial charge in [-0.25, -0.2) is 0 Å². The maximum absolute atomic E-state index is 14.6. The third-order valence-electron chi connectivity index (χ3n) is 15.7. The van der Waals surface area contributed by atoms with Crippen LogP contribution in [0.2, 0.25) is 0 Å². The average molecular weight is 651 g/mol. The summed E-state index contributed by atoms with van der Waals surface area (Å²) in [4.78, 5) is 56.8. The highest BCUT2D eigenvalue weighted by atomic mass is 16.5. The molecule has 8 atom stereocenters. The van der Waals surface area contributed by atoms with Gasteiger partial charge in [0.05, 0.1) is 0 Å². The molecule has 0 N–H and O–H groups in total. The molecule has 48 heavy (non-hydrogen) atoms. The SMILES string of the molecule is CC1(C)CCC[C@@]2(C)C1CC[C@]1(C)Oc3cc(=O)c(=O)c4c5c6c(cc(=O)c(=O)c6c(c34)[C@H]21)O[C@@]1(C)CC[C@H]2C(C)(C)CCC[C@]2(C)[C@@H]51. The van der Waals surface area contributed by atoms with E-state index >= 15 is 0 Å². The Balaban J connectivity index is 1.49. The highest BCUT2D eigenvalue weighted by Crippen LogP contribution is 2.71. The lowest BCUT2D eigenvalue weighted by atomic mass is 9.43. The summed E-state index contributed by atoms with van der Waals surface area (Å²) in [6.45, 7) is 18.5. The summed E-state index contributed by atoms with van der Waals surface area (Å²) in [5.41, 5.74) is -2.34. The van der Waals surface area contributed by atoms with Gasteiger partial charge in [-0.1, -0.05) is 54.4 Å². The number of fused-ring (bicyclic) bond motifs is 10. The molecule has 1 unspecified atom stereocenters. The second-order valence-electron chi connectivity index (χ2n) is 19.3. The first-order valence-electron chi connectivity index (χ1n) is 18.6. The fourth-order valence-corrected chi connectivity index (χ4v) is 14.3. The van der Waals surface area contributed by atoms with Gasteiger partial charge in [-0.15, -0.1) is 0 Å². The zero-order chi connectivity index (χ0) is 34.1. The topological polar surface area (TPSA) is 86.7 Å². The number of hydrogen-bond acceptors (Lipinski definition) is 6. The summed E-state index contributed by atoms with van der Waals surface area (Å²) >= 11 is 0. The minimum Gasteiger partial charge on any atom is -0.486 e. The van der Waals surface area contributed by atoms with Gasteiger partial charge in [0.2, 0.25) is 21.7 Å². The number of ether oxygens (including phenoxy) is 2. The Morgan fingerprint density at radius 2 is 0.896 bits per heavy atom. The molecule has 0 spiro atoms. The molecule has 3 aromatic rings. The van der Waals surface area contributed by atoms with E-state index in [1.807, 2.05) is 0 Å². The van der Waals surface area contributed by atoms with Crippen LogP contribution in [0.15, 0.2) is 31.3 Å². The van der Waals surface area contributed by atoms with Crippen LogP contribution in [0.4, 0.5) is 0 Å². The van der Waals surface area contributed by atoms with Crippen LogP contribution in [0.3, 0.4) is 0 Å². The van der Waals surface area contributed by atoms with Gasteiger partial charge in [0.25, 0.3) is 0 Å². The summed E-state index contributed by atoms with van der Waals surface area (Å²) in [6.07, 6.45) is 9.84. The Kier molecular flexibility index (Phi) is 5.82. The molecule has 2 aliphatic heterocycles. The second-order valence-corrected chi connectivity index (χ2v) is 19.3. The fraction of sp³-hybridized carbons (Fsp3) is 0.667. The van der Waals surface area contributed by atoms with E-state index in [1.54, 1.807) is 0 Å². The van der Waals surface area contributed by atoms with Crippen LogP contribution in [-0.4, -0.2) is 11.2 Å². The van der Waals surface area contributed by atoms with Crippen LogP contribution in [0.5, 0.6) is 11.5 Å². The third-order valence-corrected chi connectivity index (χ3v) is 15.7. The van der Waals surface area contributed by atoms with Crippen molar-refractivity contribution in [2.75, 3.05) is 0 Å². The molecule has 0 amide bonds. The number of hydrogen-bond donors (Lipinski definition) is 0. The maximum Gasteiger partial charge on any atom is 0.234 e. The highest BCUT2D eigenvalue weighted by Gasteiger charge is 2.65. The molecule has 0 bridgehead atoms. The lowest BCUT2D eigenvalue weighted by Crippen LogP contribution is -2.60. The minimum absolute atomic E-state index is 0.0943. The first kappa shape index (κ1) is 31.0. The normalized spacial score (nSPS) is 40.2. The van der Waals surface area contributed by atoms with Crippen molar-refractivity contribution in [3.63, 3.8) is 0 Å². The standard InChI is InChI=1S/C42H50O6/c1-37(2)13-9-15-39(5)25(37)11-17-41(7)35(39)31-27-23(47-41)19-22(44)34(46)30(27)32-28-24(20-21(43)33(45)29(28)31)48-42(8)18-12-26-38(3,4)14-10-16-40(26,6)36(32)42/h19-20,25-26,35-36H,9-18H2,1-8H3/t25-,26?,35+,36+,39-,40-,41-,42-/m0/s1. The van der Waals surface area contributed by atoms with Gasteiger partial charge in [0, 0.05) is 45.5 Å². The molecular formula is C42H50O6. The van der Waals surface area contributed by atoms with Gasteiger partial charge < -0.3 is 9.47 Å². The summed E-state index contributed by atoms with van der Waals surface area (Å²) in [5.74, 6) is 1.09.